The number of hydrogen-bond acceptors (Lipinski definition) is 9. The molecule has 5 unspecified atom stereocenters. The molecule has 15 nitrogen and oxygen atoms in total. The minimum absolute atomic E-state index is 0.0441. The number of phenolic OH excluding ortho intramolecular Hbond substituents is 1. The number of fused-ring (bicyclic) bond motifs is 1. The molecule has 240 valence electrons. The first-order chi connectivity index (χ1) is 20.8. The highest BCUT2D eigenvalue weighted by Gasteiger charge is 2.30. The number of hydrogen-bond donors (Lipinski definition) is 11. The van der Waals surface area contributed by atoms with Crippen molar-refractivity contribution in [2.75, 3.05) is 13.1 Å². The molecule has 0 bridgehead atoms. The summed E-state index contributed by atoms with van der Waals surface area (Å²) in [4.78, 5) is 52.7. The third-order valence-corrected chi connectivity index (χ3v) is 7.36. The Morgan fingerprint density at radius 3 is 2.50 bits per heavy atom. The topological polar surface area (TPSA) is 269 Å². The van der Waals surface area contributed by atoms with Gasteiger partial charge < -0.3 is 53.0 Å². The highest BCUT2D eigenvalue weighted by atomic mass is 16.4. The van der Waals surface area contributed by atoms with E-state index in [4.69, 9.17) is 16.9 Å². The number of carboxylic acids is 1. The molecule has 2 aromatic rings. The number of amides is 3. The SMILES string of the molecule is CC(O)C(N)C(=O)NC(CC1=CCNC1C(=N)N)C(=O)NCCCCCC(=O)NC(Cc1cc2ccc(O)cc2[nH]1)C(=O)O. The first-order valence-corrected chi connectivity index (χ1v) is 14.5. The summed E-state index contributed by atoms with van der Waals surface area (Å²) in [5.41, 5.74) is 13.3. The van der Waals surface area contributed by atoms with Crippen LogP contribution in [0.2, 0.25) is 0 Å². The Morgan fingerprint density at radius 1 is 1.07 bits per heavy atom. The van der Waals surface area contributed by atoms with Crippen LogP contribution in [-0.4, -0.2) is 93.2 Å². The molecule has 1 aromatic carbocycles. The molecule has 13 N–H and O–H groups in total. The molecule has 0 saturated carbocycles. The Bertz CT molecular complexity index is 1390. The molecule has 3 rings (SSSR count). The molecule has 0 fully saturated rings. The molecule has 15 heteroatoms. The van der Waals surface area contributed by atoms with Crippen molar-refractivity contribution in [1.82, 2.24) is 26.3 Å². The number of aromatic hydroxyl groups is 1. The maximum absolute atomic E-state index is 13.0. The molecule has 44 heavy (non-hydrogen) atoms. The summed E-state index contributed by atoms with van der Waals surface area (Å²) in [7, 11) is 0. The summed E-state index contributed by atoms with van der Waals surface area (Å²) in [6.45, 7) is 2.09. The number of amidine groups is 1. The lowest BCUT2D eigenvalue weighted by molar-refractivity contribution is -0.141. The number of aromatic amines is 1. The lowest BCUT2D eigenvalue weighted by Crippen LogP contribution is -2.55. The number of nitrogens with one attached hydrogen (secondary N) is 6. The maximum Gasteiger partial charge on any atom is 0.326 e. The number of aromatic nitrogens is 1. The Labute approximate surface area is 254 Å². The predicted octanol–water partition coefficient (Wildman–Crippen LogP) is -0.921. The summed E-state index contributed by atoms with van der Waals surface area (Å²) in [6.07, 6.45) is 2.47. The maximum atomic E-state index is 13.0. The van der Waals surface area contributed by atoms with Crippen molar-refractivity contribution in [1.29, 1.82) is 5.41 Å². The Hall–Kier alpha value is -4.47. The number of rotatable bonds is 17. The fraction of sp³-hybridized carbons (Fsp3) is 0.483. The zero-order valence-corrected chi connectivity index (χ0v) is 24.6. The van der Waals surface area contributed by atoms with Gasteiger partial charge in [-0.15, -0.1) is 0 Å². The Morgan fingerprint density at radius 2 is 1.82 bits per heavy atom. The van der Waals surface area contributed by atoms with E-state index in [1.54, 1.807) is 18.2 Å². The Balaban J connectivity index is 1.44. The van der Waals surface area contributed by atoms with E-state index in [-0.39, 0.29) is 37.4 Å². The zero-order valence-electron chi connectivity index (χ0n) is 24.6. The molecule has 0 aliphatic carbocycles. The number of aliphatic hydroxyl groups excluding tert-OH is 1. The van der Waals surface area contributed by atoms with E-state index in [1.165, 1.54) is 19.1 Å². The van der Waals surface area contributed by atoms with Crippen LogP contribution < -0.4 is 32.7 Å². The summed E-state index contributed by atoms with van der Waals surface area (Å²) >= 11 is 0. The first-order valence-electron chi connectivity index (χ1n) is 14.5. The number of unbranched alkanes of at least 4 members (excludes halogenated alkanes) is 2. The average Bonchev–Trinajstić information content (AvgIpc) is 3.59. The minimum Gasteiger partial charge on any atom is -0.508 e. The first kappa shape index (κ1) is 34.0. The van der Waals surface area contributed by atoms with Gasteiger partial charge in [-0.2, -0.15) is 0 Å². The molecule has 3 amide bonds. The summed E-state index contributed by atoms with van der Waals surface area (Å²) in [5.74, 6) is -2.78. The van der Waals surface area contributed by atoms with Gasteiger partial charge in [0.25, 0.3) is 0 Å². The zero-order chi connectivity index (χ0) is 32.4. The lowest BCUT2D eigenvalue weighted by Gasteiger charge is -2.24. The van der Waals surface area contributed by atoms with Gasteiger partial charge >= 0.3 is 5.97 Å². The van der Waals surface area contributed by atoms with Gasteiger partial charge in [-0.25, -0.2) is 4.79 Å². The molecule has 1 aliphatic heterocycles. The molecule has 1 aromatic heterocycles. The summed E-state index contributed by atoms with van der Waals surface area (Å²) in [5, 5.41) is 48.4. The van der Waals surface area contributed by atoms with Crippen molar-refractivity contribution in [3.05, 3.63) is 41.6 Å². The van der Waals surface area contributed by atoms with Crippen LogP contribution >= 0.6 is 0 Å². The van der Waals surface area contributed by atoms with E-state index in [0.29, 0.717) is 42.6 Å². The van der Waals surface area contributed by atoms with Gasteiger partial charge in [0.2, 0.25) is 17.7 Å². The molecule has 5 atom stereocenters. The van der Waals surface area contributed by atoms with Crippen molar-refractivity contribution in [2.45, 2.75) is 75.7 Å². The van der Waals surface area contributed by atoms with Gasteiger partial charge in [0.05, 0.1) is 12.1 Å². The molecule has 0 radical (unpaired) electrons. The van der Waals surface area contributed by atoms with Crippen LogP contribution in [0.5, 0.6) is 5.75 Å². The van der Waals surface area contributed by atoms with E-state index in [0.717, 1.165) is 5.39 Å². The van der Waals surface area contributed by atoms with E-state index in [9.17, 15) is 34.5 Å². The number of benzene rings is 1. The monoisotopic (exact) mass is 614 g/mol. The fourth-order valence-electron chi connectivity index (χ4n) is 4.89. The molecular formula is C29H42N8O7. The number of aliphatic hydroxyl groups is 1. The van der Waals surface area contributed by atoms with E-state index in [1.807, 2.05) is 0 Å². The van der Waals surface area contributed by atoms with Crippen molar-refractivity contribution < 1.29 is 34.5 Å². The minimum atomic E-state index is -1.23. The normalized spacial score (nSPS) is 17.2. The largest absolute Gasteiger partial charge is 0.508 e. The molecule has 2 heterocycles. The highest BCUT2D eigenvalue weighted by Crippen LogP contribution is 2.21. The van der Waals surface area contributed by atoms with Crippen molar-refractivity contribution >= 4 is 40.4 Å². The molecule has 0 saturated heterocycles. The number of phenols is 1. The van der Waals surface area contributed by atoms with Crippen LogP contribution in [0.25, 0.3) is 10.9 Å². The number of aliphatic carboxylic acids is 1. The summed E-state index contributed by atoms with van der Waals surface area (Å²) < 4.78 is 0. The quantitative estimate of drug-likeness (QED) is 0.0451. The van der Waals surface area contributed by atoms with Crippen LogP contribution in [0.1, 0.15) is 44.7 Å². The predicted molar refractivity (Wildman–Crippen MR) is 163 cm³/mol. The molecule has 1 aliphatic rings. The van der Waals surface area contributed by atoms with Crippen LogP contribution in [-0.2, 0) is 25.6 Å². The van der Waals surface area contributed by atoms with Gasteiger partial charge in [-0.3, -0.25) is 19.8 Å². The number of carbonyl (C=O) groups excluding carboxylic acids is 3. The smallest absolute Gasteiger partial charge is 0.326 e. The van der Waals surface area contributed by atoms with Crippen LogP contribution in [0.4, 0.5) is 0 Å². The third-order valence-electron chi connectivity index (χ3n) is 7.36. The van der Waals surface area contributed by atoms with E-state index >= 15 is 0 Å². The average molecular weight is 615 g/mol. The number of carboxylic acid groups (broad SMARTS) is 1. The second-order valence-electron chi connectivity index (χ2n) is 10.9. The van der Waals surface area contributed by atoms with Crippen LogP contribution in [0.3, 0.4) is 0 Å². The molecular weight excluding hydrogens is 572 g/mol. The number of carbonyl (C=O) groups is 4. The van der Waals surface area contributed by atoms with Gasteiger partial charge in [0, 0.05) is 43.2 Å². The number of H-pyrrole nitrogens is 1. The second kappa shape index (κ2) is 15.8. The second-order valence-corrected chi connectivity index (χ2v) is 10.9. The van der Waals surface area contributed by atoms with Crippen molar-refractivity contribution in [2.24, 2.45) is 11.5 Å². The van der Waals surface area contributed by atoms with E-state index in [2.05, 4.69) is 26.3 Å². The van der Waals surface area contributed by atoms with Crippen molar-refractivity contribution in [3.8, 4) is 5.75 Å². The Kier molecular flexibility index (Phi) is 12.3. The van der Waals surface area contributed by atoms with Gasteiger partial charge in [-0.05, 0) is 55.3 Å². The number of nitrogens with two attached hydrogens (primary N) is 2. The van der Waals surface area contributed by atoms with Gasteiger partial charge in [-0.1, -0.05) is 12.5 Å². The molecule has 0 spiro atoms. The van der Waals surface area contributed by atoms with Crippen LogP contribution in [0, 0.1) is 5.41 Å². The van der Waals surface area contributed by atoms with Crippen molar-refractivity contribution in [3.63, 3.8) is 0 Å². The standard InChI is InChI=1S/C29H42N8O7/c1-15(38)24(30)28(42)37-21(12-17-8-10-33-25(17)26(31)32)27(41)34-9-4-2-3-5-23(40)36-22(29(43)44)13-18-11-16-6-7-19(39)14-20(16)35-18/h6-8,11,14-15,21-22,24-25,33,35,38-39H,2-5,9-10,12-13,30H2,1H3,(H3,31,32)(H,34,41)(H,36,40)(H,37,42)(H,43,44). The van der Waals surface area contributed by atoms with Gasteiger partial charge in [0.1, 0.15) is 29.7 Å². The van der Waals surface area contributed by atoms with Crippen LogP contribution in [0.15, 0.2) is 35.9 Å². The summed E-state index contributed by atoms with van der Waals surface area (Å²) in [6, 6.07) is 2.63. The lowest BCUT2D eigenvalue weighted by atomic mass is 9.99. The highest BCUT2D eigenvalue weighted by molar-refractivity contribution is 5.91. The van der Waals surface area contributed by atoms with Gasteiger partial charge in [0.15, 0.2) is 0 Å². The van der Waals surface area contributed by atoms with E-state index < -0.39 is 54.0 Å². The fourth-order valence-corrected chi connectivity index (χ4v) is 4.89. The third kappa shape index (κ3) is 9.79.